The number of hydrogen-bond donors (Lipinski definition) is 0. The van der Waals surface area contributed by atoms with E-state index in [2.05, 4.69) is 11.9 Å². The summed E-state index contributed by atoms with van der Waals surface area (Å²) in [6, 6.07) is 7.58. The van der Waals surface area contributed by atoms with Crippen molar-refractivity contribution in [2.24, 2.45) is 10.1 Å². The Bertz CT molecular complexity index is 1050. The molecule has 0 bridgehead atoms. The van der Waals surface area contributed by atoms with Crippen molar-refractivity contribution in [3.63, 3.8) is 0 Å². The monoisotopic (exact) mass is 412 g/mol. The molecule has 2 heterocycles. The van der Waals surface area contributed by atoms with Crippen LogP contribution in [0.15, 0.2) is 52.1 Å². The van der Waals surface area contributed by atoms with Gasteiger partial charge in [-0.05, 0) is 37.6 Å². The fourth-order valence-electron chi connectivity index (χ4n) is 2.67. The smallest absolute Gasteiger partial charge is 0.211 e. The Morgan fingerprint density at radius 3 is 2.41 bits per heavy atom. The number of hydrogen-bond acceptors (Lipinski definition) is 7. The van der Waals surface area contributed by atoms with Gasteiger partial charge in [0.15, 0.2) is 11.5 Å². The maximum atomic E-state index is 5.51. The third-order valence-corrected chi connectivity index (χ3v) is 5.12. The van der Waals surface area contributed by atoms with Gasteiger partial charge in [-0.15, -0.1) is 11.3 Å². The van der Waals surface area contributed by atoms with Crippen molar-refractivity contribution in [2.45, 2.75) is 20.3 Å². The molecule has 7 nitrogen and oxygen atoms in total. The van der Waals surface area contributed by atoms with Crippen LogP contribution < -0.4 is 19.0 Å². The summed E-state index contributed by atoms with van der Waals surface area (Å²) in [5.74, 6) is 1.72. The molecule has 0 atom stereocenters. The summed E-state index contributed by atoms with van der Waals surface area (Å²) < 4.78 is 18.3. The molecule has 2 aromatic heterocycles. The minimum absolute atomic E-state index is 0.550. The van der Waals surface area contributed by atoms with Gasteiger partial charge in [0.25, 0.3) is 0 Å². The zero-order valence-corrected chi connectivity index (χ0v) is 18.0. The van der Waals surface area contributed by atoms with E-state index in [-0.39, 0.29) is 0 Å². The Balaban J connectivity index is 2.24. The van der Waals surface area contributed by atoms with Crippen LogP contribution >= 0.6 is 11.3 Å². The molecule has 3 aromatic rings. The number of rotatable bonds is 7. The number of nitrogens with zero attached hydrogens (tertiary/aromatic N) is 4. The first-order valence-corrected chi connectivity index (χ1v) is 9.99. The molecule has 152 valence electrons. The van der Waals surface area contributed by atoms with Gasteiger partial charge < -0.3 is 14.2 Å². The highest BCUT2D eigenvalue weighted by Gasteiger charge is 2.17. The topological polar surface area (TPSA) is 70.2 Å². The van der Waals surface area contributed by atoms with Crippen molar-refractivity contribution in [1.29, 1.82) is 0 Å². The molecule has 0 saturated heterocycles. The SMILES string of the molecule is CCC(C)=Nn1c(-c2cc(OC)c(OC)c(OC)c2)csc1=Nc1cccnc1. The van der Waals surface area contributed by atoms with Gasteiger partial charge in [0.2, 0.25) is 10.6 Å². The minimum atomic E-state index is 0.550. The second-order valence-corrected chi connectivity index (χ2v) is 6.98. The first-order chi connectivity index (χ1) is 14.1. The fourth-order valence-corrected chi connectivity index (χ4v) is 3.52. The molecule has 0 N–H and O–H groups in total. The van der Waals surface area contributed by atoms with Crippen LogP contribution in [0.4, 0.5) is 5.69 Å². The summed E-state index contributed by atoms with van der Waals surface area (Å²) in [6.45, 7) is 4.07. The van der Waals surface area contributed by atoms with Crippen LogP contribution in [-0.4, -0.2) is 36.7 Å². The molecule has 0 aliphatic rings. The van der Waals surface area contributed by atoms with Gasteiger partial charge in [0.05, 0.1) is 38.9 Å². The molecule has 0 aliphatic carbocycles. The van der Waals surface area contributed by atoms with Crippen molar-refractivity contribution in [3.8, 4) is 28.5 Å². The molecule has 0 spiro atoms. The van der Waals surface area contributed by atoms with Crippen molar-refractivity contribution >= 4 is 22.7 Å². The van der Waals surface area contributed by atoms with E-state index in [1.165, 1.54) is 11.3 Å². The van der Waals surface area contributed by atoms with E-state index in [0.29, 0.717) is 17.2 Å². The predicted octanol–water partition coefficient (Wildman–Crippen LogP) is 4.50. The van der Waals surface area contributed by atoms with E-state index in [4.69, 9.17) is 24.3 Å². The highest BCUT2D eigenvalue weighted by atomic mass is 32.1. The molecule has 3 rings (SSSR count). The van der Waals surface area contributed by atoms with E-state index in [0.717, 1.165) is 33.9 Å². The Morgan fingerprint density at radius 2 is 1.86 bits per heavy atom. The molecular formula is C21H24N4O3S. The fraction of sp³-hybridized carbons (Fsp3) is 0.286. The molecule has 0 aliphatic heterocycles. The lowest BCUT2D eigenvalue weighted by atomic mass is 10.1. The van der Waals surface area contributed by atoms with E-state index in [9.17, 15) is 0 Å². The highest BCUT2D eigenvalue weighted by Crippen LogP contribution is 2.41. The van der Waals surface area contributed by atoms with Crippen LogP contribution in [-0.2, 0) is 0 Å². The summed E-state index contributed by atoms with van der Waals surface area (Å²) in [7, 11) is 4.79. The largest absolute Gasteiger partial charge is 0.493 e. The number of methoxy groups -OCH3 is 3. The molecule has 1 aromatic carbocycles. The van der Waals surface area contributed by atoms with E-state index < -0.39 is 0 Å². The lowest BCUT2D eigenvalue weighted by Gasteiger charge is -2.14. The Morgan fingerprint density at radius 1 is 1.14 bits per heavy atom. The summed E-state index contributed by atoms with van der Waals surface area (Å²) in [6.07, 6.45) is 4.28. The number of benzene rings is 1. The normalized spacial score (nSPS) is 12.2. The molecule has 0 amide bonds. The zero-order valence-electron chi connectivity index (χ0n) is 17.2. The maximum absolute atomic E-state index is 5.51. The zero-order chi connectivity index (χ0) is 20.8. The lowest BCUT2D eigenvalue weighted by Crippen LogP contribution is -2.13. The quantitative estimate of drug-likeness (QED) is 0.536. The maximum Gasteiger partial charge on any atom is 0.211 e. The third kappa shape index (κ3) is 4.48. The van der Waals surface area contributed by atoms with Crippen LogP contribution in [0, 0.1) is 0 Å². The highest BCUT2D eigenvalue weighted by molar-refractivity contribution is 7.07. The number of pyridine rings is 1. The second-order valence-electron chi connectivity index (χ2n) is 6.14. The average molecular weight is 413 g/mol. The number of ether oxygens (including phenoxy) is 3. The summed E-state index contributed by atoms with van der Waals surface area (Å²) in [5.41, 5.74) is 3.52. The van der Waals surface area contributed by atoms with Gasteiger partial charge in [0, 0.05) is 22.9 Å². The van der Waals surface area contributed by atoms with Crippen molar-refractivity contribution in [1.82, 2.24) is 9.66 Å². The van der Waals surface area contributed by atoms with Gasteiger partial charge >= 0.3 is 0 Å². The molecule has 0 fully saturated rings. The first kappa shape index (κ1) is 20.6. The van der Waals surface area contributed by atoms with E-state index in [1.54, 1.807) is 33.7 Å². The van der Waals surface area contributed by atoms with Crippen molar-refractivity contribution < 1.29 is 14.2 Å². The Kier molecular flexibility index (Phi) is 6.66. The number of aromatic nitrogens is 2. The van der Waals surface area contributed by atoms with Crippen LogP contribution in [0.5, 0.6) is 17.2 Å². The predicted molar refractivity (Wildman–Crippen MR) is 116 cm³/mol. The summed E-state index contributed by atoms with van der Waals surface area (Å²) in [4.78, 5) is 9.60. The standard InChI is InChI=1S/C21H24N4O3S/c1-6-14(2)24-25-17(13-29-21(25)23-16-8-7-9-22-12-16)15-10-18(26-3)20(28-5)19(11-15)27-4/h7-13H,6H2,1-5H3. The van der Waals surface area contributed by atoms with Crippen LogP contribution in [0.1, 0.15) is 20.3 Å². The van der Waals surface area contributed by atoms with Crippen molar-refractivity contribution in [3.05, 3.63) is 46.8 Å². The molecule has 0 unspecified atom stereocenters. The first-order valence-electron chi connectivity index (χ1n) is 9.11. The van der Waals surface area contributed by atoms with Gasteiger partial charge in [-0.2, -0.15) is 5.10 Å². The minimum Gasteiger partial charge on any atom is -0.493 e. The molecule has 0 radical (unpaired) electrons. The molecule has 0 saturated carbocycles. The Hall–Kier alpha value is -3.13. The average Bonchev–Trinajstić information content (AvgIpc) is 3.15. The second kappa shape index (κ2) is 9.38. The molecular weight excluding hydrogens is 388 g/mol. The van der Waals surface area contributed by atoms with Gasteiger partial charge in [-0.25, -0.2) is 9.67 Å². The number of thiazole rings is 1. The van der Waals surface area contributed by atoms with Crippen LogP contribution in [0.25, 0.3) is 11.3 Å². The van der Waals surface area contributed by atoms with E-state index in [1.807, 2.05) is 41.2 Å². The van der Waals surface area contributed by atoms with E-state index >= 15 is 0 Å². The lowest BCUT2D eigenvalue weighted by molar-refractivity contribution is 0.324. The third-order valence-electron chi connectivity index (χ3n) is 4.30. The summed E-state index contributed by atoms with van der Waals surface area (Å²) >= 11 is 1.50. The van der Waals surface area contributed by atoms with Gasteiger partial charge in [0.1, 0.15) is 0 Å². The molecule has 29 heavy (non-hydrogen) atoms. The Labute approximate surface area is 173 Å². The summed E-state index contributed by atoms with van der Waals surface area (Å²) in [5, 5.41) is 6.80. The van der Waals surface area contributed by atoms with Gasteiger partial charge in [-0.1, -0.05) is 6.92 Å². The van der Waals surface area contributed by atoms with Gasteiger partial charge in [-0.3, -0.25) is 4.98 Å². The van der Waals surface area contributed by atoms with Crippen LogP contribution in [0.3, 0.4) is 0 Å². The molecule has 8 heteroatoms. The van der Waals surface area contributed by atoms with Crippen LogP contribution in [0.2, 0.25) is 0 Å². The van der Waals surface area contributed by atoms with Crippen molar-refractivity contribution in [2.75, 3.05) is 21.3 Å².